The Kier molecular flexibility index (Phi) is 5.90. The first kappa shape index (κ1) is 20.2. The summed E-state index contributed by atoms with van der Waals surface area (Å²) in [5.41, 5.74) is 7.94. The Morgan fingerprint density at radius 3 is 2.47 bits per heavy atom. The minimum Gasteiger partial charge on any atom is -0.493 e. The number of para-hydroxylation sites is 1. The first-order valence-corrected chi connectivity index (χ1v) is 10.4. The van der Waals surface area contributed by atoms with Crippen molar-refractivity contribution in [2.45, 2.75) is 25.4 Å². The quantitative estimate of drug-likeness (QED) is 0.789. The SMILES string of the molecule is CC(C(=O)NC1CCOc2ccccc21)N1CCN(c2ccc(C(N)=O)cc2)CC1. The molecule has 4 rings (SSSR count). The summed E-state index contributed by atoms with van der Waals surface area (Å²) in [5.74, 6) is 0.493. The first-order chi connectivity index (χ1) is 14.5. The standard InChI is InChI=1S/C23H28N4O3/c1-16(23(29)25-20-10-15-30-21-5-3-2-4-19(20)21)26-11-13-27(14-12-26)18-8-6-17(7-9-18)22(24)28/h2-9,16,20H,10-15H2,1H3,(H2,24,28)(H,25,29). The van der Waals surface area contributed by atoms with Crippen molar-refractivity contribution in [3.63, 3.8) is 0 Å². The molecule has 1 saturated heterocycles. The third-order valence-electron chi connectivity index (χ3n) is 6.03. The number of benzene rings is 2. The molecular formula is C23H28N4O3. The van der Waals surface area contributed by atoms with Crippen molar-refractivity contribution in [1.82, 2.24) is 10.2 Å². The van der Waals surface area contributed by atoms with Crippen LogP contribution in [0.5, 0.6) is 5.75 Å². The average molecular weight is 409 g/mol. The van der Waals surface area contributed by atoms with Crippen molar-refractivity contribution in [2.75, 3.05) is 37.7 Å². The Bertz CT molecular complexity index is 907. The average Bonchev–Trinajstić information content (AvgIpc) is 2.79. The number of anilines is 1. The first-order valence-electron chi connectivity index (χ1n) is 10.4. The van der Waals surface area contributed by atoms with Gasteiger partial charge < -0.3 is 20.7 Å². The van der Waals surface area contributed by atoms with Crippen molar-refractivity contribution in [3.05, 3.63) is 59.7 Å². The highest BCUT2D eigenvalue weighted by molar-refractivity contribution is 5.93. The largest absolute Gasteiger partial charge is 0.493 e. The lowest BCUT2D eigenvalue weighted by molar-refractivity contribution is -0.127. The summed E-state index contributed by atoms with van der Waals surface area (Å²) >= 11 is 0. The fourth-order valence-electron chi connectivity index (χ4n) is 4.15. The van der Waals surface area contributed by atoms with Crippen LogP contribution in [0.25, 0.3) is 0 Å². The van der Waals surface area contributed by atoms with Gasteiger partial charge in [0.1, 0.15) is 5.75 Å². The lowest BCUT2D eigenvalue weighted by Gasteiger charge is -2.39. The van der Waals surface area contributed by atoms with Crippen LogP contribution < -0.4 is 20.7 Å². The van der Waals surface area contributed by atoms with Crippen molar-refractivity contribution in [1.29, 1.82) is 0 Å². The maximum Gasteiger partial charge on any atom is 0.248 e. The second-order valence-corrected chi connectivity index (χ2v) is 7.85. The Morgan fingerprint density at radius 1 is 1.07 bits per heavy atom. The fraction of sp³-hybridized carbons (Fsp3) is 0.391. The number of hydrogen-bond acceptors (Lipinski definition) is 5. The molecule has 2 unspecified atom stereocenters. The summed E-state index contributed by atoms with van der Waals surface area (Å²) in [4.78, 5) is 28.6. The number of primary amides is 1. The molecule has 0 aliphatic carbocycles. The lowest BCUT2D eigenvalue weighted by Crippen LogP contribution is -2.54. The molecular weight excluding hydrogens is 380 g/mol. The number of piperazine rings is 1. The molecule has 2 aliphatic heterocycles. The van der Waals surface area contributed by atoms with Gasteiger partial charge in [0, 0.05) is 49.4 Å². The van der Waals surface area contributed by atoms with Gasteiger partial charge in [-0.05, 0) is 37.3 Å². The fourth-order valence-corrected chi connectivity index (χ4v) is 4.15. The zero-order valence-corrected chi connectivity index (χ0v) is 17.2. The zero-order valence-electron chi connectivity index (χ0n) is 17.2. The van der Waals surface area contributed by atoms with E-state index in [9.17, 15) is 9.59 Å². The molecule has 30 heavy (non-hydrogen) atoms. The van der Waals surface area contributed by atoms with Crippen LogP contribution in [0, 0.1) is 0 Å². The smallest absolute Gasteiger partial charge is 0.248 e. The van der Waals surface area contributed by atoms with E-state index in [1.165, 1.54) is 0 Å². The minimum atomic E-state index is -0.418. The number of carbonyl (C=O) groups excluding carboxylic acids is 2. The van der Waals surface area contributed by atoms with Gasteiger partial charge in [0.15, 0.2) is 0 Å². The highest BCUT2D eigenvalue weighted by atomic mass is 16.5. The number of fused-ring (bicyclic) bond motifs is 1. The molecule has 0 radical (unpaired) electrons. The van der Waals surface area contributed by atoms with Crippen LogP contribution in [-0.2, 0) is 4.79 Å². The molecule has 1 fully saturated rings. The number of ether oxygens (including phenoxy) is 1. The van der Waals surface area contributed by atoms with Gasteiger partial charge in [-0.25, -0.2) is 0 Å². The van der Waals surface area contributed by atoms with Crippen molar-refractivity contribution < 1.29 is 14.3 Å². The van der Waals surface area contributed by atoms with Crippen LogP contribution in [0.15, 0.2) is 48.5 Å². The number of nitrogens with zero attached hydrogens (tertiary/aromatic N) is 2. The summed E-state index contributed by atoms with van der Waals surface area (Å²) in [6.07, 6.45) is 0.782. The molecule has 7 heteroatoms. The van der Waals surface area contributed by atoms with Gasteiger partial charge in [-0.1, -0.05) is 18.2 Å². The maximum atomic E-state index is 12.9. The van der Waals surface area contributed by atoms with Gasteiger partial charge in [-0.3, -0.25) is 14.5 Å². The molecule has 7 nitrogen and oxygen atoms in total. The summed E-state index contributed by atoms with van der Waals surface area (Å²) < 4.78 is 5.69. The van der Waals surface area contributed by atoms with Crippen molar-refractivity contribution in [3.8, 4) is 5.75 Å². The predicted octanol–water partition coefficient (Wildman–Crippen LogP) is 1.94. The predicted molar refractivity (Wildman–Crippen MR) is 116 cm³/mol. The van der Waals surface area contributed by atoms with Gasteiger partial charge >= 0.3 is 0 Å². The van der Waals surface area contributed by atoms with Crippen LogP contribution in [0.1, 0.15) is 35.3 Å². The van der Waals surface area contributed by atoms with Gasteiger partial charge in [0.2, 0.25) is 11.8 Å². The molecule has 2 aliphatic rings. The molecule has 2 aromatic rings. The van der Waals surface area contributed by atoms with Crippen LogP contribution in [0.3, 0.4) is 0 Å². The van der Waals surface area contributed by atoms with E-state index in [1.54, 1.807) is 12.1 Å². The van der Waals surface area contributed by atoms with Gasteiger partial charge in [-0.2, -0.15) is 0 Å². The molecule has 2 amide bonds. The third-order valence-corrected chi connectivity index (χ3v) is 6.03. The third kappa shape index (κ3) is 4.26. The van der Waals surface area contributed by atoms with Crippen LogP contribution in [-0.4, -0.2) is 55.5 Å². The number of nitrogens with two attached hydrogens (primary N) is 1. The molecule has 158 valence electrons. The Hall–Kier alpha value is -3.06. The van der Waals surface area contributed by atoms with E-state index in [0.717, 1.165) is 49.6 Å². The van der Waals surface area contributed by atoms with Gasteiger partial charge in [0.25, 0.3) is 0 Å². The number of carbonyl (C=O) groups is 2. The molecule has 0 spiro atoms. The molecule has 0 bridgehead atoms. The van der Waals surface area contributed by atoms with E-state index >= 15 is 0 Å². The van der Waals surface area contributed by atoms with Crippen molar-refractivity contribution >= 4 is 17.5 Å². The summed E-state index contributed by atoms with van der Waals surface area (Å²) in [6.45, 7) is 5.84. The second-order valence-electron chi connectivity index (χ2n) is 7.85. The Morgan fingerprint density at radius 2 is 1.77 bits per heavy atom. The van der Waals surface area contributed by atoms with Gasteiger partial charge in [0.05, 0.1) is 18.7 Å². The number of hydrogen-bond donors (Lipinski definition) is 2. The summed E-state index contributed by atoms with van der Waals surface area (Å²) in [6, 6.07) is 15.1. The van der Waals surface area contributed by atoms with E-state index < -0.39 is 5.91 Å². The zero-order chi connectivity index (χ0) is 21.1. The van der Waals surface area contributed by atoms with Crippen LogP contribution in [0.2, 0.25) is 0 Å². The molecule has 2 atom stereocenters. The minimum absolute atomic E-state index is 0.00467. The summed E-state index contributed by atoms with van der Waals surface area (Å²) in [5, 5.41) is 3.21. The van der Waals surface area contributed by atoms with E-state index in [-0.39, 0.29) is 18.0 Å². The van der Waals surface area contributed by atoms with E-state index in [4.69, 9.17) is 10.5 Å². The normalized spacial score (nSPS) is 20.0. The molecule has 2 aromatic carbocycles. The van der Waals surface area contributed by atoms with E-state index in [0.29, 0.717) is 12.2 Å². The highest BCUT2D eigenvalue weighted by Gasteiger charge is 2.29. The van der Waals surface area contributed by atoms with Crippen LogP contribution in [0.4, 0.5) is 5.69 Å². The Labute approximate surface area is 176 Å². The molecule has 0 saturated carbocycles. The molecule has 3 N–H and O–H groups in total. The molecule has 2 heterocycles. The number of rotatable bonds is 5. The topological polar surface area (TPSA) is 87.9 Å². The maximum absolute atomic E-state index is 12.9. The van der Waals surface area contributed by atoms with Gasteiger partial charge in [-0.15, -0.1) is 0 Å². The van der Waals surface area contributed by atoms with E-state index in [2.05, 4.69) is 15.1 Å². The summed E-state index contributed by atoms with van der Waals surface area (Å²) in [7, 11) is 0. The second kappa shape index (κ2) is 8.75. The Balaban J connectivity index is 1.32. The lowest BCUT2D eigenvalue weighted by atomic mass is 10.00. The number of nitrogens with one attached hydrogen (secondary N) is 1. The van der Waals surface area contributed by atoms with E-state index in [1.807, 2.05) is 43.3 Å². The van der Waals surface area contributed by atoms with Crippen LogP contribution >= 0.6 is 0 Å². The number of amides is 2. The monoisotopic (exact) mass is 408 g/mol. The molecule has 0 aromatic heterocycles. The van der Waals surface area contributed by atoms with Crippen molar-refractivity contribution in [2.24, 2.45) is 5.73 Å². The highest BCUT2D eigenvalue weighted by Crippen LogP contribution is 2.31.